The van der Waals surface area contributed by atoms with E-state index in [1.807, 2.05) is 0 Å². The van der Waals surface area contributed by atoms with Crippen molar-refractivity contribution in [1.82, 2.24) is 0 Å². The molecular weight excluding hydrogens is 269 g/mol. The highest BCUT2D eigenvalue weighted by molar-refractivity contribution is 6.35. The van der Waals surface area contributed by atoms with Gasteiger partial charge in [-0.3, -0.25) is 4.79 Å². The molecule has 0 heterocycles. The van der Waals surface area contributed by atoms with Crippen LogP contribution in [0, 0.1) is 5.82 Å². The normalized spacial score (nSPS) is 10.3. The van der Waals surface area contributed by atoms with Gasteiger partial charge in [0.2, 0.25) is 0 Å². The van der Waals surface area contributed by atoms with Gasteiger partial charge in [-0.05, 0) is 24.3 Å². The van der Waals surface area contributed by atoms with Crippen molar-refractivity contribution in [2.24, 2.45) is 0 Å². The van der Waals surface area contributed by atoms with Crippen LogP contribution in [0.5, 0.6) is 5.75 Å². The summed E-state index contributed by atoms with van der Waals surface area (Å²) in [6.07, 6.45) is 0. The summed E-state index contributed by atoms with van der Waals surface area (Å²) < 4.78 is 18.7. The van der Waals surface area contributed by atoms with Crippen LogP contribution in [0.25, 0.3) is 0 Å². The number of anilines is 1. The molecule has 5 heteroatoms. The first kappa shape index (κ1) is 13.4. The van der Waals surface area contributed by atoms with Crippen molar-refractivity contribution in [2.45, 2.75) is 0 Å². The molecule has 98 valence electrons. The maximum absolute atomic E-state index is 13.7. The summed E-state index contributed by atoms with van der Waals surface area (Å²) in [5.41, 5.74) is 5.99. The van der Waals surface area contributed by atoms with Crippen LogP contribution in [-0.2, 0) is 0 Å². The topological polar surface area (TPSA) is 52.3 Å². The highest BCUT2D eigenvalue weighted by atomic mass is 35.5. The molecule has 0 aliphatic carbocycles. The molecule has 0 radical (unpaired) electrons. The van der Waals surface area contributed by atoms with Crippen LogP contribution in [0.3, 0.4) is 0 Å². The van der Waals surface area contributed by atoms with Gasteiger partial charge < -0.3 is 10.5 Å². The summed E-state index contributed by atoms with van der Waals surface area (Å²) in [6, 6.07) is 8.64. The zero-order valence-corrected chi connectivity index (χ0v) is 10.9. The molecule has 0 spiro atoms. The number of methoxy groups -OCH3 is 1. The van der Waals surface area contributed by atoms with Gasteiger partial charge in [0, 0.05) is 17.3 Å². The maximum Gasteiger partial charge on any atom is 0.199 e. The minimum absolute atomic E-state index is 0.0558. The largest absolute Gasteiger partial charge is 0.497 e. The fourth-order valence-corrected chi connectivity index (χ4v) is 1.97. The number of hydrogen-bond acceptors (Lipinski definition) is 3. The average molecular weight is 280 g/mol. The number of hydrogen-bond donors (Lipinski definition) is 1. The van der Waals surface area contributed by atoms with E-state index in [1.54, 1.807) is 6.07 Å². The van der Waals surface area contributed by atoms with Crippen molar-refractivity contribution in [1.29, 1.82) is 0 Å². The van der Waals surface area contributed by atoms with Gasteiger partial charge in [-0.2, -0.15) is 0 Å². The highest BCUT2D eigenvalue weighted by Crippen LogP contribution is 2.26. The molecule has 0 aromatic heterocycles. The smallest absolute Gasteiger partial charge is 0.199 e. The summed E-state index contributed by atoms with van der Waals surface area (Å²) >= 11 is 5.86. The summed E-state index contributed by atoms with van der Waals surface area (Å²) in [5, 5.41) is 0.0558. The Kier molecular flexibility index (Phi) is 3.71. The van der Waals surface area contributed by atoms with E-state index in [0.717, 1.165) is 0 Å². The van der Waals surface area contributed by atoms with Crippen LogP contribution in [0.15, 0.2) is 36.4 Å². The van der Waals surface area contributed by atoms with Crippen molar-refractivity contribution < 1.29 is 13.9 Å². The van der Waals surface area contributed by atoms with Crippen LogP contribution in [-0.4, -0.2) is 12.9 Å². The van der Waals surface area contributed by atoms with E-state index in [0.29, 0.717) is 5.75 Å². The van der Waals surface area contributed by atoms with E-state index in [9.17, 15) is 9.18 Å². The van der Waals surface area contributed by atoms with E-state index in [-0.39, 0.29) is 21.8 Å². The molecule has 0 saturated carbocycles. The molecule has 0 unspecified atom stereocenters. The van der Waals surface area contributed by atoms with E-state index in [1.165, 1.54) is 37.4 Å². The number of nitrogen functional groups attached to an aromatic ring is 1. The quantitative estimate of drug-likeness (QED) is 0.693. The number of nitrogens with two attached hydrogens (primary N) is 1. The molecule has 0 bridgehead atoms. The first-order valence-electron chi connectivity index (χ1n) is 5.47. The molecule has 0 fully saturated rings. The summed E-state index contributed by atoms with van der Waals surface area (Å²) in [4.78, 5) is 12.3. The molecule has 2 aromatic rings. The third kappa shape index (κ3) is 2.53. The number of benzene rings is 2. The number of carbonyl (C=O) groups is 1. The summed E-state index contributed by atoms with van der Waals surface area (Å²) in [6.45, 7) is 0. The molecule has 0 amide bonds. The second-order valence-electron chi connectivity index (χ2n) is 3.88. The van der Waals surface area contributed by atoms with E-state index in [2.05, 4.69) is 0 Å². The van der Waals surface area contributed by atoms with Crippen molar-refractivity contribution in [3.63, 3.8) is 0 Å². The van der Waals surface area contributed by atoms with Gasteiger partial charge in [0.25, 0.3) is 0 Å². The van der Waals surface area contributed by atoms with Crippen molar-refractivity contribution in [3.8, 4) is 5.75 Å². The third-order valence-electron chi connectivity index (χ3n) is 2.69. The molecule has 3 nitrogen and oxygen atoms in total. The molecule has 0 aliphatic heterocycles. The van der Waals surface area contributed by atoms with Crippen LogP contribution >= 0.6 is 11.6 Å². The van der Waals surface area contributed by atoms with Crippen molar-refractivity contribution in [3.05, 3.63) is 58.4 Å². The molecular formula is C14H11ClFNO2. The Morgan fingerprint density at radius 3 is 2.63 bits per heavy atom. The Morgan fingerprint density at radius 2 is 2.05 bits per heavy atom. The highest BCUT2D eigenvalue weighted by Gasteiger charge is 2.19. The zero-order valence-electron chi connectivity index (χ0n) is 10.1. The number of ether oxygens (including phenoxy) is 1. The molecule has 0 aliphatic rings. The number of halogens is 2. The van der Waals surface area contributed by atoms with E-state index >= 15 is 0 Å². The lowest BCUT2D eigenvalue weighted by Crippen LogP contribution is -2.08. The van der Waals surface area contributed by atoms with Crippen LogP contribution in [0.1, 0.15) is 15.9 Å². The number of rotatable bonds is 3. The third-order valence-corrected chi connectivity index (χ3v) is 3.01. The molecule has 0 saturated heterocycles. The Morgan fingerprint density at radius 1 is 1.32 bits per heavy atom. The van der Waals surface area contributed by atoms with Crippen LogP contribution in [0.4, 0.5) is 10.1 Å². The monoisotopic (exact) mass is 279 g/mol. The predicted molar refractivity (Wildman–Crippen MR) is 72.2 cm³/mol. The van der Waals surface area contributed by atoms with Crippen molar-refractivity contribution in [2.75, 3.05) is 12.8 Å². The van der Waals surface area contributed by atoms with Crippen LogP contribution < -0.4 is 10.5 Å². The standard InChI is InChI=1S/C14H11ClFNO2/c1-19-8-5-6-9(12(17)7-8)14(18)13-10(15)3-2-4-11(13)16/h2-7H,17H2,1H3. The molecule has 2 rings (SSSR count). The van der Waals surface area contributed by atoms with E-state index in [4.69, 9.17) is 22.1 Å². The average Bonchev–Trinajstić information content (AvgIpc) is 2.38. The van der Waals surface area contributed by atoms with Gasteiger partial charge in [-0.1, -0.05) is 17.7 Å². The van der Waals surface area contributed by atoms with Crippen molar-refractivity contribution >= 4 is 23.1 Å². The van der Waals surface area contributed by atoms with E-state index < -0.39 is 11.6 Å². The first-order valence-corrected chi connectivity index (χ1v) is 5.84. The number of ketones is 1. The molecule has 2 aromatic carbocycles. The minimum atomic E-state index is -0.673. The minimum Gasteiger partial charge on any atom is -0.497 e. The lowest BCUT2D eigenvalue weighted by Gasteiger charge is -2.09. The lowest BCUT2D eigenvalue weighted by molar-refractivity contribution is 0.103. The lowest BCUT2D eigenvalue weighted by atomic mass is 10.0. The first-order chi connectivity index (χ1) is 9.04. The summed E-state index contributed by atoms with van der Waals surface area (Å²) in [5.74, 6) is -0.704. The van der Waals surface area contributed by atoms with Gasteiger partial charge in [0.05, 0.1) is 17.7 Å². The number of carbonyl (C=O) groups excluding carboxylic acids is 1. The Balaban J connectivity index is 2.51. The zero-order chi connectivity index (χ0) is 14.0. The second-order valence-corrected chi connectivity index (χ2v) is 4.29. The molecule has 0 atom stereocenters. The Bertz CT molecular complexity index is 623. The van der Waals surface area contributed by atoms with Gasteiger partial charge in [0.1, 0.15) is 11.6 Å². The summed E-state index contributed by atoms with van der Waals surface area (Å²) in [7, 11) is 1.49. The van der Waals surface area contributed by atoms with Gasteiger partial charge in [-0.25, -0.2) is 4.39 Å². The predicted octanol–water partition coefficient (Wildman–Crippen LogP) is 3.30. The SMILES string of the molecule is COc1ccc(C(=O)c2c(F)cccc2Cl)c(N)c1. The Labute approximate surface area is 114 Å². The molecule has 2 N–H and O–H groups in total. The fourth-order valence-electron chi connectivity index (χ4n) is 1.72. The van der Waals surface area contributed by atoms with Gasteiger partial charge >= 0.3 is 0 Å². The molecule has 19 heavy (non-hydrogen) atoms. The maximum atomic E-state index is 13.7. The Hall–Kier alpha value is -2.07. The fraction of sp³-hybridized carbons (Fsp3) is 0.0714. The van der Waals surface area contributed by atoms with Gasteiger partial charge in [-0.15, -0.1) is 0 Å². The second kappa shape index (κ2) is 5.28. The van der Waals surface area contributed by atoms with Crippen LogP contribution in [0.2, 0.25) is 5.02 Å². The van der Waals surface area contributed by atoms with Gasteiger partial charge in [0.15, 0.2) is 5.78 Å².